The van der Waals surface area contributed by atoms with Crippen LogP contribution in [0, 0.1) is 0 Å². The van der Waals surface area contributed by atoms with Gasteiger partial charge in [-0.3, -0.25) is 4.79 Å². The summed E-state index contributed by atoms with van der Waals surface area (Å²) in [6.45, 7) is 2.64. The standard InChI is InChI=1S/C13H23N3OS/c17-12-7-3-9-16(12)10-4-8-14-13(18)15-11-5-1-2-6-11/h11H,1-10H2,(H2,14,15,18). The number of rotatable bonds is 5. The number of likely N-dealkylation sites (tertiary alicyclic amines) is 1. The van der Waals surface area contributed by atoms with Crippen molar-refractivity contribution in [2.45, 2.75) is 51.0 Å². The van der Waals surface area contributed by atoms with Crippen molar-refractivity contribution in [2.75, 3.05) is 19.6 Å². The van der Waals surface area contributed by atoms with Gasteiger partial charge in [0.25, 0.3) is 0 Å². The predicted octanol–water partition coefficient (Wildman–Crippen LogP) is 1.41. The molecule has 1 saturated carbocycles. The average Bonchev–Trinajstić information content (AvgIpc) is 2.97. The summed E-state index contributed by atoms with van der Waals surface area (Å²) in [6.07, 6.45) is 7.84. The number of nitrogens with one attached hydrogen (secondary N) is 2. The van der Waals surface area contributed by atoms with Crippen LogP contribution in [0.15, 0.2) is 0 Å². The molecule has 5 heteroatoms. The highest BCUT2D eigenvalue weighted by molar-refractivity contribution is 7.80. The summed E-state index contributed by atoms with van der Waals surface area (Å²) >= 11 is 5.26. The number of nitrogens with zero attached hydrogens (tertiary/aromatic N) is 1. The topological polar surface area (TPSA) is 44.4 Å². The van der Waals surface area contributed by atoms with E-state index in [9.17, 15) is 4.79 Å². The van der Waals surface area contributed by atoms with E-state index in [1.54, 1.807) is 0 Å². The molecule has 2 rings (SSSR count). The van der Waals surface area contributed by atoms with Crippen LogP contribution >= 0.6 is 12.2 Å². The van der Waals surface area contributed by atoms with E-state index in [0.717, 1.165) is 44.0 Å². The molecular weight excluding hydrogens is 246 g/mol. The van der Waals surface area contributed by atoms with Gasteiger partial charge >= 0.3 is 0 Å². The Morgan fingerprint density at radius 2 is 2.11 bits per heavy atom. The lowest BCUT2D eigenvalue weighted by Crippen LogP contribution is -2.41. The molecule has 0 unspecified atom stereocenters. The number of carbonyl (C=O) groups is 1. The second-order valence-electron chi connectivity index (χ2n) is 5.22. The summed E-state index contributed by atoms with van der Waals surface area (Å²) in [5.41, 5.74) is 0. The second kappa shape index (κ2) is 6.92. The molecule has 18 heavy (non-hydrogen) atoms. The van der Waals surface area contributed by atoms with Crippen LogP contribution in [0.2, 0.25) is 0 Å². The Morgan fingerprint density at radius 3 is 2.78 bits per heavy atom. The molecule has 0 aromatic heterocycles. The van der Waals surface area contributed by atoms with Crippen LogP contribution in [0.3, 0.4) is 0 Å². The molecule has 0 radical (unpaired) electrons. The summed E-state index contributed by atoms with van der Waals surface area (Å²) in [6, 6.07) is 0.574. The summed E-state index contributed by atoms with van der Waals surface area (Å²) in [7, 11) is 0. The van der Waals surface area contributed by atoms with Gasteiger partial charge in [-0.05, 0) is 37.9 Å². The van der Waals surface area contributed by atoms with Crippen molar-refractivity contribution >= 4 is 23.2 Å². The molecule has 0 aromatic rings. The fraction of sp³-hybridized carbons (Fsp3) is 0.846. The van der Waals surface area contributed by atoms with E-state index in [2.05, 4.69) is 10.6 Å². The van der Waals surface area contributed by atoms with Crippen LogP contribution in [0.5, 0.6) is 0 Å². The van der Waals surface area contributed by atoms with E-state index in [-0.39, 0.29) is 0 Å². The smallest absolute Gasteiger partial charge is 0.222 e. The highest BCUT2D eigenvalue weighted by atomic mass is 32.1. The van der Waals surface area contributed by atoms with Gasteiger partial charge in [-0.1, -0.05) is 12.8 Å². The van der Waals surface area contributed by atoms with Crippen LogP contribution in [0.25, 0.3) is 0 Å². The van der Waals surface area contributed by atoms with Gasteiger partial charge in [0.2, 0.25) is 5.91 Å². The van der Waals surface area contributed by atoms with Gasteiger partial charge in [0, 0.05) is 32.1 Å². The molecule has 1 aliphatic heterocycles. The van der Waals surface area contributed by atoms with Gasteiger partial charge in [0.05, 0.1) is 0 Å². The molecule has 2 aliphatic rings. The maximum Gasteiger partial charge on any atom is 0.222 e. The third-order valence-corrected chi connectivity index (χ3v) is 4.01. The van der Waals surface area contributed by atoms with Crippen LogP contribution in [-0.2, 0) is 4.79 Å². The summed E-state index contributed by atoms with van der Waals surface area (Å²) in [4.78, 5) is 13.4. The van der Waals surface area contributed by atoms with E-state index in [4.69, 9.17) is 12.2 Å². The van der Waals surface area contributed by atoms with E-state index in [1.807, 2.05) is 4.90 Å². The van der Waals surface area contributed by atoms with Crippen LogP contribution in [0.1, 0.15) is 44.9 Å². The Balaban J connectivity index is 1.52. The fourth-order valence-corrected chi connectivity index (χ4v) is 2.99. The first-order valence-electron chi connectivity index (χ1n) is 7.08. The lowest BCUT2D eigenvalue weighted by molar-refractivity contribution is -0.127. The highest BCUT2D eigenvalue weighted by Gasteiger charge is 2.19. The molecule has 2 N–H and O–H groups in total. The maximum absolute atomic E-state index is 11.4. The van der Waals surface area contributed by atoms with Crippen LogP contribution in [0.4, 0.5) is 0 Å². The Morgan fingerprint density at radius 1 is 1.33 bits per heavy atom. The van der Waals surface area contributed by atoms with Crippen LogP contribution in [-0.4, -0.2) is 41.6 Å². The maximum atomic E-state index is 11.4. The minimum atomic E-state index is 0.307. The minimum absolute atomic E-state index is 0.307. The first-order valence-corrected chi connectivity index (χ1v) is 7.48. The van der Waals surface area contributed by atoms with E-state index < -0.39 is 0 Å². The van der Waals surface area contributed by atoms with Crippen molar-refractivity contribution in [1.29, 1.82) is 0 Å². The van der Waals surface area contributed by atoms with Crippen molar-refractivity contribution in [2.24, 2.45) is 0 Å². The molecule has 1 heterocycles. The molecule has 0 bridgehead atoms. The molecule has 1 amide bonds. The lowest BCUT2D eigenvalue weighted by Gasteiger charge is -2.18. The first kappa shape index (κ1) is 13.6. The largest absolute Gasteiger partial charge is 0.363 e. The molecular formula is C13H23N3OS. The van der Waals surface area contributed by atoms with Crippen molar-refractivity contribution < 1.29 is 4.79 Å². The molecule has 102 valence electrons. The zero-order valence-electron chi connectivity index (χ0n) is 10.9. The Bertz CT molecular complexity index is 303. The average molecular weight is 269 g/mol. The monoisotopic (exact) mass is 269 g/mol. The summed E-state index contributed by atoms with van der Waals surface area (Å²) < 4.78 is 0. The van der Waals surface area contributed by atoms with E-state index in [1.165, 1.54) is 25.7 Å². The highest BCUT2D eigenvalue weighted by Crippen LogP contribution is 2.17. The van der Waals surface area contributed by atoms with Crippen molar-refractivity contribution in [3.63, 3.8) is 0 Å². The number of carbonyl (C=O) groups excluding carboxylic acids is 1. The third kappa shape index (κ3) is 4.12. The molecule has 0 spiro atoms. The zero-order chi connectivity index (χ0) is 12.8. The fourth-order valence-electron chi connectivity index (χ4n) is 2.72. The zero-order valence-corrected chi connectivity index (χ0v) is 11.7. The first-order chi connectivity index (χ1) is 8.75. The lowest BCUT2D eigenvalue weighted by atomic mass is 10.3. The normalized spacial score (nSPS) is 20.4. The van der Waals surface area contributed by atoms with Gasteiger partial charge in [-0.25, -0.2) is 0 Å². The van der Waals surface area contributed by atoms with E-state index >= 15 is 0 Å². The third-order valence-electron chi connectivity index (χ3n) is 3.75. The Hall–Kier alpha value is -0.840. The van der Waals surface area contributed by atoms with Crippen molar-refractivity contribution in [3.05, 3.63) is 0 Å². The van der Waals surface area contributed by atoms with Crippen molar-refractivity contribution in [1.82, 2.24) is 15.5 Å². The molecule has 4 nitrogen and oxygen atoms in total. The number of hydrogen-bond acceptors (Lipinski definition) is 2. The summed E-state index contributed by atoms with van der Waals surface area (Å²) in [5.74, 6) is 0.307. The molecule has 1 saturated heterocycles. The van der Waals surface area contributed by atoms with Gasteiger partial charge in [-0.15, -0.1) is 0 Å². The quantitative estimate of drug-likeness (QED) is 0.585. The Kier molecular flexibility index (Phi) is 5.23. The molecule has 2 fully saturated rings. The SMILES string of the molecule is O=C1CCCN1CCCNC(=S)NC1CCCC1. The predicted molar refractivity (Wildman–Crippen MR) is 76.4 cm³/mol. The molecule has 1 aliphatic carbocycles. The van der Waals surface area contributed by atoms with Gasteiger partial charge in [0.15, 0.2) is 5.11 Å². The minimum Gasteiger partial charge on any atom is -0.363 e. The number of amides is 1. The summed E-state index contributed by atoms with van der Waals surface area (Å²) in [5, 5.41) is 7.36. The van der Waals surface area contributed by atoms with E-state index in [0.29, 0.717) is 11.9 Å². The molecule has 0 aromatic carbocycles. The van der Waals surface area contributed by atoms with Gasteiger partial charge in [0.1, 0.15) is 0 Å². The van der Waals surface area contributed by atoms with Crippen molar-refractivity contribution in [3.8, 4) is 0 Å². The van der Waals surface area contributed by atoms with Gasteiger partial charge in [-0.2, -0.15) is 0 Å². The molecule has 0 atom stereocenters. The number of hydrogen-bond donors (Lipinski definition) is 2. The van der Waals surface area contributed by atoms with Crippen LogP contribution < -0.4 is 10.6 Å². The number of thiocarbonyl (C=S) groups is 1. The second-order valence-corrected chi connectivity index (χ2v) is 5.63. The Labute approximate surface area is 114 Å². The van der Waals surface area contributed by atoms with Gasteiger partial charge < -0.3 is 15.5 Å².